The summed E-state index contributed by atoms with van der Waals surface area (Å²) in [5.41, 5.74) is 5.71. The van der Waals surface area contributed by atoms with E-state index < -0.39 is 7.26 Å². The van der Waals surface area contributed by atoms with Crippen molar-refractivity contribution in [3.05, 3.63) is 138 Å². The molecule has 34 heavy (non-hydrogen) atoms. The number of allylic oxidation sites excluding steroid dienone is 6. The van der Waals surface area contributed by atoms with Gasteiger partial charge in [-0.05, 0) is 73.9 Å². The van der Waals surface area contributed by atoms with Crippen molar-refractivity contribution >= 4 is 28.9 Å². The Kier molecular flexibility index (Phi) is 6.18. The van der Waals surface area contributed by atoms with Crippen LogP contribution in [-0.4, -0.2) is 16.9 Å². The Morgan fingerprint density at radius 2 is 1.26 bits per heavy atom. The standard InChI is InChI=1S/C31H30N2P/c1-24-20-22-31-25(2)19-21-26(3)33(31)32-30(24)23-34(27-13-7-4-8-14-27,28-15-9-5-10-16-28)29-17-11-6-12-18-29/h4-19,21-22H,1,20,23H2,2-3H3/q+1. The summed E-state index contributed by atoms with van der Waals surface area (Å²) in [4.78, 5) is 0. The van der Waals surface area contributed by atoms with Crippen molar-refractivity contribution in [2.24, 2.45) is 5.10 Å². The van der Waals surface area contributed by atoms with Crippen LogP contribution in [0.2, 0.25) is 0 Å². The van der Waals surface area contributed by atoms with Crippen LogP contribution >= 0.6 is 7.26 Å². The molecule has 0 aliphatic carbocycles. The van der Waals surface area contributed by atoms with Gasteiger partial charge in [0.2, 0.25) is 0 Å². The third-order valence-corrected chi connectivity index (χ3v) is 11.0. The third kappa shape index (κ3) is 4.00. The van der Waals surface area contributed by atoms with Gasteiger partial charge in [0, 0.05) is 5.70 Å². The predicted molar refractivity (Wildman–Crippen MR) is 149 cm³/mol. The highest BCUT2D eigenvalue weighted by Crippen LogP contribution is 2.56. The van der Waals surface area contributed by atoms with Gasteiger partial charge in [-0.3, -0.25) is 0 Å². The molecule has 0 aromatic heterocycles. The highest BCUT2D eigenvalue weighted by molar-refractivity contribution is 7.96. The summed E-state index contributed by atoms with van der Waals surface area (Å²) in [6.07, 6.45) is 8.24. The first-order valence-corrected chi connectivity index (χ1v) is 13.7. The zero-order valence-corrected chi connectivity index (χ0v) is 20.7. The SMILES string of the molecule is C=C1CC=C2C(C)=CC=C(C)N2N=C1C[P+](c1ccccc1)(c1ccccc1)c1ccccc1. The Bertz CT molecular complexity index is 1220. The zero-order valence-electron chi connectivity index (χ0n) is 19.9. The lowest BCUT2D eigenvalue weighted by molar-refractivity contribution is 0.459. The summed E-state index contributed by atoms with van der Waals surface area (Å²) < 4.78 is 0. The second-order valence-corrected chi connectivity index (χ2v) is 12.4. The predicted octanol–water partition coefficient (Wildman–Crippen LogP) is 6.35. The minimum atomic E-state index is -2.04. The van der Waals surface area contributed by atoms with Crippen LogP contribution in [0.1, 0.15) is 20.3 Å². The van der Waals surface area contributed by atoms with Gasteiger partial charge in [0.1, 0.15) is 35.0 Å². The van der Waals surface area contributed by atoms with Crippen molar-refractivity contribution in [3.63, 3.8) is 0 Å². The Morgan fingerprint density at radius 1 is 0.765 bits per heavy atom. The summed E-state index contributed by atoms with van der Waals surface area (Å²) in [5, 5.41) is 11.5. The average Bonchev–Trinajstić information content (AvgIpc) is 3.06. The average molecular weight is 462 g/mol. The molecule has 0 unspecified atom stereocenters. The molecule has 0 N–H and O–H groups in total. The second-order valence-electron chi connectivity index (χ2n) is 8.89. The van der Waals surface area contributed by atoms with Crippen molar-refractivity contribution in [2.75, 3.05) is 6.16 Å². The van der Waals surface area contributed by atoms with Crippen molar-refractivity contribution in [2.45, 2.75) is 20.3 Å². The van der Waals surface area contributed by atoms with Crippen LogP contribution in [0.15, 0.2) is 143 Å². The van der Waals surface area contributed by atoms with Gasteiger partial charge in [0.05, 0.1) is 5.70 Å². The van der Waals surface area contributed by atoms with E-state index in [2.05, 4.69) is 135 Å². The van der Waals surface area contributed by atoms with Crippen LogP contribution in [0.3, 0.4) is 0 Å². The highest BCUT2D eigenvalue weighted by Gasteiger charge is 2.47. The number of fused-ring (bicyclic) bond motifs is 1. The van der Waals surface area contributed by atoms with E-state index in [0.717, 1.165) is 29.6 Å². The van der Waals surface area contributed by atoms with Crippen molar-refractivity contribution in [1.29, 1.82) is 0 Å². The first-order chi connectivity index (χ1) is 16.6. The summed E-state index contributed by atoms with van der Waals surface area (Å²) in [6, 6.07) is 33.0. The smallest absolute Gasteiger partial charge is 0.118 e. The van der Waals surface area contributed by atoms with Crippen molar-refractivity contribution in [1.82, 2.24) is 5.01 Å². The van der Waals surface area contributed by atoms with Crippen LogP contribution in [0.4, 0.5) is 0 Å². The molecule has 0 fully saturated rings. The van der Waals surface area contributed by atoms with E-state index in [1.54, 1.807) is 0 Å². The maximum Gasteiger partial charge on any atom is 0.118 e. The first-order valence-electron chi connectivity index (χ1n) is 11.8. The molecule has 3 aromatic carbocycles. The molecule has 0 spiro atoms. The quantitative estimate of drug-likeness (QED) is 0.405. The van der Waals surface area contributed by atoms with E-state index >= 15 is 0 Å². The van der Waals surface area contributed by atoms with Gasteiger partial charge in [-0.15, -0.1) is 0 Å². The molecular formula is C31H30N2P+. The normalized spacial score (nSPS) is 16.1. The summed E-state index contributed by atoms with van der Waals surface area (Å²) in [5.74, 6) is 0. The summed E-state index contributed by atoms with van der Waals surface area (Å²) in [7, 11) is -2.04. The maximum absolute atomic E-state index is 5.27. The van der Waals surface area contributed by atoms with Crippen LogP contribution in [-0.2, 0) is 0 Å². The Balaban J connectivity index is 1.72. The highest BCUT2D eigenvalue weighted by atomic mass is 31.2. The van der Waals surface area contributed by atoms with E-state index in [4.69, 9.17) is 5.10 Å². The van der Waals surface area contributed by atoms with Gasteiger partial charge in [0.25, 0.3) is 0 Å². The molecule has 3 aromatic rings. The molecule has 0 amide bonds. The zero-order chi connectivity index (χ0) is 23.5. The number of hydrogen-bond acceptors (Lipinski definition) is 2. The van der Waals surface area contributed by atoms with Crippen molar-refractivity contribution < 1.29 is 0 Å². The molecular weight excluding hydrogens is 431 g/mol. The van der Waals surface area contributed by atoms with Crippen LogP contribution in [0.25, 0.3) is 0 Å². The minimum absolute atomic E-state index is 0.807. The number of nitrogens with zero attached hydrogens (tertiary/aromatic N) is 2. The molecule has 168 valence electrons. The molecule has 3 heteroatoms. The lowest BCUT2D eigenvalue weighted by atomic mass is 10.1. The Labute approximate surface area is 203 Å². The number of hydrazone groups is 1. The van der Waals surface area contributed by atoms with Crippen LogP contribution in [0.5, 0.6) is 0 Å². The van der Waals surface area contributed by atoms with Gasteiger partial charge < -0.3 is 0 Å². The van der Waals surface area contributed by atoms with Crippen LogP contribution < -0.4 is 15.9 Å². The largest absolute Gasteiger partial charge is 0.238 e. The fraction of sp³-hybridized carbons (Fsp3) is 0.129. The lowest BCUT2D eigenvalue weighted by Gasteiger charge is -2.30. The second kappa shape index (κ2) is 9.41. The topological polar surface area (TPSA) is 15.6 Å². The molecule has 2 heterocycles. The molecule has 5 rings (SSSR count). The number of rotatable bonds is 5. The van der Waals surface area contributed by atoms with E-state index in [0.29, 0.717) is 0 Å². The maximum atomic E-state index is 5.27. The van der Waals surface area contributed by atoms with E-state index in [-0.39, 0.29) is 0 Å². The molecule has 0 saturated heterocycles. The monoisotopic (exact) mass is 461 g/mol. The lowest BCUT2D eigenvalue weighted by Crippen LogP contribution is -2.36. The third-order valence-electron chi connectivity index (χ3n) is 6.69. The molecule has 0 radical (unpaired) electrons. The van der Waals surface area contributed by atoms with Gasteiger partial charge in [0.15, 0.2) is 0 Å². The molecule has 2 nitrogen and oxygen atoms in total. The van der Waals surface area contributed by atoms with Gasteiger partial charge in [-0.2, -0.15) is 5.10 Å². The first kappa shape index (κ1) is 22.3. The molecule has 0 atom stereocenters. The van der Waals surface area contributed by atoms with Gasteiger partial charge >= 0.3 is 0 Å². The molecule has 2 aliphatic rings. The Hall–Kier alpha value is -3.48. The van der Waals surface area contributed by atoms with Gasteiger partial charge in [-0.1, -0.05) is 73.3 Å². The minimum Gasteiger partial charge on any atom is -0.238 e. The number of benzene rings is 3. The van der Waals surface area contributed by atoms with E-state index in [1.807, 2.05) is 0 Å². The fourth-order valence-electron chi connectivity index (χ4n) is 4.80. The van der Waals surface area contributed by atoms with E-state index in [1.165, 1.54) is 27.2 Å². The fourth-order valence-corrected chi connectivity index (χ4v) is 9.03. The van der Waals surface area contributed by atoms with E-state index in [9.17, 15) is 0 Å². The number of hydrogen-bond donors (Lipinski definition) is 0. The Morgan fingerprint density at radius 3 is 1.76 bits per heavy atom. The molecule has 0 bridgehead atoms. The molecule has 0 saturated carbocycles. The molecule has 2 aliphatic heterocycles. The summed E-state index contributed by atoms with van der Waals surface area (Å²) >= 11 is 0. The summed E-state index contributed by atoms with van der Waals surface area (Å²) in [6.45, 7) is 8.78. The van der Waals surface area contributed by atoms with Crippen LogP contribution in [0, 0.1) is 0 Å². The van der Waals surface area contributed by atoms with Gasteiger partial charge in [-0.25, -0.2) is 5.01 Å². The van der Waals surface area contributed by atoms with Crippen molar-refractivity contribution in [3.8, 4) is 0 Å².